The predicted molar refractivity (Wildman–Crippen MR) is 90.1 cm³/mol. The molecule has 0 aromatic heterocycles. The Morgan fingerprint density at radius 1 is 1.32 bits per heavy atom. The van der Waals surface area contributed by atoms with Gasteiger partial charge in [0.05, 0.1) is 4.47 Å². The maximum absolute atomic E-state index is 12.0. The summed E-state index contributed by atoms with van der Waals surface area (Å²) >= 11 is 3.46. The third-order valence-corrected chi connectivity index (χ3v) is 3.86. The van der Waals surface area contributed by atoms with E-state index in [1.807, 2.05) is 51.1 Å². The first-order chi connectivity index (χ1) is 10.3. The molecular formula is C17H22BrNO3. The van der Waals surface area contributed by atoms with Gasteiger partial charge in [0.25, 0.3) is 0 Å². The zero-order valence-corrected chi connectivity index (χ0v) is 14.9. The second-order valence-electron chi connectivity index (χ2n) is 6.26. The Hall–Kier alpha value is -1.49. The van der Waals surface area contributed by atoms with E-state index in [1.54, 1.807) is 4.90 Å². The lowest BCUT2D eigenvalue weighted by Gasteiger charge is -2.29. The number of carbonyl (C=O) groups is 1. The third kappa shape index (κ3) is 5.05. The summed E-state index contributed by atoms with van der Waals surface area (Å²) in [6.45, 7) is 7.42. The van der Waals surface area contributed by atoms with Crippen molar-refractivity contribution >= 4 is 22.0 Å². The third-order valence-electron chi connectivity index (χ3n) is 3.20. The number of halogens is 1. The van der Waals surface area contributed by atoms with E-state index in [0.29, 0.717) is 19.7 Å². The van der Waals surface area contributed by atoms with Crippen molar-refractivity contribution in [1.82, 2.24) is 4.90 Å². The lowest BCUT2D eigenvalue weighted by Crippen LogP contribution is -2.39. The van der Waals surface area contributed by atoms with E-state index >= 15 is 0 Å². The molecule has 1 heterocycles. The first-order valence-electron chi connectivity index (χ1n) is 7.38. The number of benzene rings is 1. The summed E-state index contributed by atoms with van der Waals surface area (Å²) in [5.74, 6) is 0.831. The van der Waals surface area contributed by atoms with Crippen LogP contribution in [0.3, 0.4) is 0 Å². The van der Waals surface area contributed by atoms with Crippen LogP contribution in [0.5, 0.6) is 5.75 Å². The van der Waals surface area contributed by atoms with Crippen LogP contribution in [0.1, 0.15) is 27.2 Å². The van der Waals surface area contributed by atoms with E-state index in [0.717, 1.165) is 16.6 Å². The summed E-state index contributed by atoms with van der Waals surface area (Å²) in [5, 5.41) is 0. The molecule has 0 saturated heterocycles. The average molecular weight is 368 g/mol. The molecule has 0 N–H and O–H groups in total. The van der Waals surface area contributed by atoms with Gasteiger partial charge in [-0.05, 0) is 60.8 Å². The highest BCUT2D eigenvalue weighted by Gasteiger charge is 2.23. The van der Waals surface area contributed by atoms with Gasteiger partial charge in [-0.3, -0.25) is 0 Å². The Bertz CT molecular complexity index is 563. The molecule has 1 amide bonds. The van der Waals surface area contributed by atoms with E-state index in [9.17, 15) is 4.79 Å². The van der Waals surface area contributed by atoms with Crippen LogP contribution in [0.2, 0.25) is 0 Å². The Kier molecular flexibility index (Phi) is 5.51. The number of nitrogens with zero attached hydrogens (tertiary/aromatic N) is 1. The minimum absolute atomic E-state index is 0.255. The molecule has 2 rings (SSSR count). The summed E-state index contributed by atoms with van der Waals surface area (Å²) < 4.78 is 12.1. The van der Waals surface area contributed by atoms with Gasteiger partial charge in [0, 0.05) is 13.1 Å². The van der Waals surface area contributed by atoms with Gasteiger partial charge < -0.3 is 14.4 Å². The number of hydrogen-bond donors (Lipinski definition) is 0. The molecular weight excluding hydrogens is 346 g/mol. The van der Waals surface area contributed by atoms with Gasteiger partial charge in [0.1, 0.15) is 18.0 Å². The van der Waals surface area contributed by atoms with Gasteiger partial charge in [-0.25, -0.2) is 4.79 Å². The summed E-state index contributed by atoms with van der Waals surface area (Å²) in [6.07, 6.45) is 2.60. The van der Waals surface area contributed by atoms with Crippen molar-refractivity contribution in [3.05, 3.63) is 40.4 Å². The van der Waals surface area contributed by atoms with Gasteiger partial charge in [-0.15, -0.1) is 0 Å². The second-order valence-corrected chi connectivity index (χ2v) is 7.11. The van der Waals surface area contributed by atoms with Crippen LogP contribution in [-0.4, -0.2) is 36.3 Å². The number of ether oxygens (including phenoxy) is 2. The molecule has 1 aliphatic rings. The fourth-order valence-corrected chi connectivity index (χ4v) is 2.47. The number of hydrogen-bond acceptors (Lipinski definition) is 3. The van der Waals surface area contributed by atoms with Gasteiger partial charge in [-0.2, -0.15) is 0 Å². The molecule has 0 fully saturated rings. The normalized spacial score (nSPS) is 15.3. The highest BCUT2D eigenvalue weighted by molar-refractivity contribution is 9.10. The molecule has 0 bridgehead atoms. The van der Waals surface area contributed by atoms with Crippen LogP contribution >= 0.6 is 15.9 Å². The number of rotatable bonds is 3. The molecule has 1 aromatic carbocycles. The number of amides is 1. The largest absolute Gasteiger partial charge is 0.488 e. The molecule has 1 aromatic rings. The molecule has 0 unspecified atom stereocenters. The monoisotopic (exact) mass is 367 g/mol. The van der Waals surface area contributed by atoms with Crippen LogP contribution in [0, 0.1) is 0 Å². The van der Waals surface area contributed by atoms with Crippen LogP contribution in [-0.2, 0) is 4.74 Å². The zero-order chi connectivity index (χ0) is 16.2. The molecule has 22 heavy (non-hydrogen) atoms. The second kappa shape index (κ2) is 7.18. The lowest BCUT2D eigenvalue weighted by atomic mass is 10.1. The van der Waals surface area contributed by atoms with Crippen LogP contribution in [0.15, 0.2) is 40.4 Å². The smallest absolute Gasteiger partial charge is 0.410 e. The van der Waals surface area contributed by atoms with Gasteiger partial charge in [-0.1, -0.05) is 18.2 Å². The standard InChI is InChI=1S/C17H22BrNO3/c1-17(2,3)22-16(20)19-10-8-13(9-11-19)12-21-15-7-5-4-6-14(15)18/h4-8H,9-12H2,1-3H3. The zero-order valence-electron chi connectivity index (χ0n) is 13.3. The van der Waals surface area contributed by atoms with E-state index in [-0.39, 0.29) is 6.09 Å². The van der Waals surface area contributed by atoms with E-state index in [2.05, 4.69) is 15.9 Å². The van der Waals surface area contributed by atoms with Crippen molar-refractivity contribution in [1.29, 1.82) is 0 Å². The van der Waals surface area contributed by atoms with Crippen molar-refractivity contribution in [3.8, 4) is 5.75 Å². The van der Waals surface area contributed by atoms with Crippen molar-refractivity contribution in [2.45, 2.75) is 32.8 Å². The van der Waals surface area contributed by atoms with Gasteiger partial charge in [0.15, 0.2) is 0 Å². The molecule has 120 valence electrons. The summed E-state index contributed by atoms with van der Waals surface area (Å²) in [4.78, 5) is 13.7. The molecule has 0 radical (unpaired) electrons. The van der Waals surface area contributed by atoms with Gasteiger partial charge >= 0.3 is 6.09 Å². The number of para-hydroxylation sites is 1. The Morgan fingerprint density at radius 3 is 2.64 bits per heavy atom. The predicted octanol–water partition coefficient (Wildman–Crippen LogP) is 4.40. The van der Waals surface area contributed by atoms with Crippen LogP contribution in [0.25, 0.3) is 0 Å². The lowest BCUT2D eigenvalue weighted by molar-refractivity contribution is 0.0264. The quantitative estimate of drug-likeness (QED) is 0.743. The number of carbonyl (C=O) groups excluding carboxylic acids is 1. The maximum Gasteiger partial charge on any atom is 0.410 e. The highest BCUT2D eigenvalue weighted by atomic mass is 79.9. The van der Waals surface area contributed by atoms with E-state index < -0.39 is 5.60 Å². The Labute approximate surface area is 140 Å². The minimum Gasteiger partial charge on any atom is -0.488 e. The van der Waals surface area contributed by atoms with Crippen LogP contribution in [0.4, 0.5) is 4.79 Å². The Balaban J connectivity index is 1.84. The molecule has 4 nitrogen and oxygen atoms in total. The van der Waals surface area contributed by atoms with Crippen molar-refractivity contribution in [2.24, 2.45) is 0 Å². The van der Waals surface area contributed by atoms with E-state index in [4.69, 9.17) is 9.47 Å². The van der Waals surface area contributed by atoms with Crippen molar-refractivity contribution in [2.75, 3.05) is 19.7 Å². The first-order valence-corrected chi connectivity index (χ1v) is 8.17. The van der Waals surface area contributed by atoms with Crippen molar-refractivity contribution in [3.63, 3.8) is 0 Å². The molecule has 0 aliphatic carbocycles. The molecule has 0 saturated carbocycles. The minimum atomic E-state index is -0.455. The van der Waals surface area contributed by atoms with Gasteiger partial charge in [0.2, 0.25) is 0 Å². The maximum atomic E-state index is 12.0. The molecule has 5 heteroatoms. The van der Waals surface area contributed by atoms with E-state index in [1.165, 1.54) is 5.57 Å². The molecule has 0 atom stereocenters. The molecule has 0 spiro atoms. The summed E-state index contributed by atoms with van der Waals surface area (Å²) in [6, 6.07) is 7.78. The fraction of sp³-hybridized carbons (Fsp3) is 0.471. The Morgan fingerprint density at radius 2 is 2.05 bits per heavy atom. The summed E-state index contributed by atoms with van der Waals surface area (Å²) in [7, 11) is 0. The fourth-order valence-electron chi connectivity index (χ4n) is 2.07. The topological polar surface area (TPSA) is 38.8 Å². The van der Waals surface area contributed by atoms with Crippen molar-refractivity contribution < 1.29 is 14.3 Å². The average Bonchev–Trinajstić information content (AvgIpc) is 2.45. The first kappa shape index (κ1) is 16.9. The summed E-state index contributed by atoms with van der Waals surface area (Å²) in [5.41, 5.74) is 0.750. The van der Waals surface area contributed by atoms with Crippen LogP contribution < -0.4 is 4.74 Å². The SMILES string of the molecule is CC(C)(C)OC(=O)N1CC=C(COc2ccccc2Br)CC1. The highest BCUT2D eigenvalue weighted by Crippen LogP contribution is 2.25. The molecule has 1 aliphatic heterocycles.